The molecule has 0 spiro atoms. The molecule has 1 atom stereocenters. The molecule has 0 radical (unpaired) electrons. The molecule has 4 heteroatoms. The summed E-state index contributed by atoms with van der Waals surface area (Å²) in [7, 11) is 0. The Kier molecular flexibility index (Phi) is 4.55. The van der Waals surface area contributed by atoms with Crippen LogP contribution in [0.5, 0.6) is 0 Å². The highest BCUT2D eigenvalue weighted by Gasteiger charge is 2.20. The number of likely N-dealkylation sites (N-methyl/N-ethyl adjacent to an activating group) is 1. The monoisotopic (exact) mass is 253 g/mol. The van der Waals surface area contributed by atoms with Crippen LogP contribution >= 0.6 is 0 Å². The van der Waals surface area contributed by atoms with Crippen LogP contribution in [0.2, 0.25) is 0 Å². The Balaban J connectivity index is 2.18. The van der Waals surface area contributed by atoms with Crippen molar-refractivity contribution in [3.63, 3.8) is 0 Å². The predicted molar refractivity (Wildman–Crippen MR) is 69.2 cm³/mol. The van der Waals surface area contributed by atoms with E-state index in [-0.39, 0.29) is 18.5 Å². The molecule has 1 saturated heterocycles. The van der Waals surface area contributed by atoms with Crippen molar-refractivity contribution < 1.29 is 14.2 Å². The first-order chi connectivity index (χ1) is 8.76. The maximum Gasteiger partial charge on any atom is 0.130 e. The van der Waals surface area contributed by atoms with Gasteiger partial charge in [0.05, 0.1) is 12.7 Å². The normalized spacial score (nSPS) is 19.2. The second-order valence-corrected chi connectivity index (χ2v) is 4.57. The first kappa shape index (κ1) is 13.3. The third-order valence-corrected chi connectivity index (χ3v) is 3.42. The minimum absolute atomic E-state index is 0.222. The lowest BCUT2D eigenvalue weighted by Crippen LogP contribution is -2.32. The Labute approximate surface area is 107 Å². The third-order valence-electron chi connectivity index (χ3n) is 3.42. The molecule has 1 aliphatic heterocycles. The van der Waals surface area contributed by atoms with Crippen LogP contribution in [0.3, 0.4) is 0 Å². The van der Waals surface area contributed by atoms with Gasteiger partial charge in [-0.3, -0.25) is 0 Å². The van der Waals surface area contributed by atoms with Crippen molar-refractivity contribution in [2.75, 3.05) is 24.6 Å². The Morgan fingerprint density at radius 3 is 2.94 bits per heavy atom. The molecule has 0 aromatic heterocycles. The second kappa shape index (κ2) is 6.16. The topological polar surface area (TPSA) is 32.7 Å². The lowest BCUT2D eigenvalue weighted by Gasteiger charge is -2.28. The molecule has 1 fully saturated rings. The Hall–Kier alpha value is -1.13. The van der Waals surface area contributed by atoms with Crippen LogP contribution in [-0.4, -0.2) is 30.9 Å². The summed E-state index contributed by atoms with van der Waals surface area (Å²) in [6.07, 6.45) is 2.37. The van der Waals surface area contributed by atoms with Crippen LogP contribution in [0.4, 0.5) is 10.1 Å². The van der Waals surface area contributed by atoms with Crippen molar-refractivity contribution in [2.45, 2.75) is 32.5 Å². The van der Waals surface area contributed by atoms with Crippen LogP contribution < -0.4 is 4.90 Å². The van der Waals surface area contributed by atoms with Crippen LogP contribution in [-0.2, 0) is 11.3 Å². The van der Waals surface area contributed by atoms with Gasteiger partial charge in [-0.1, -0.05) is 6.07 Å². The highest BCUT2D eigenvalue weighted by Crippen LogP contribution is 2.25. The molecule has 1 aromatic rings. The quantitative estimate of drug-likeness (QED) is 0.874. The zero-order chi connectivity index (χ0) is 13.0. The highest BCUT2D eigenvalue weighted by molar-refractivity contribution is 5.54. The molecule has 100 valence electrons. The number of anilines is 1. The van der Waals surface area contributed by atoms with Gasteiger partial charge in [-0.05, 0) is 31.9 Å². The van der Waals surface area contributed by atoms with Gasteiger partial charge in [0.25, 0.3) is 0 Å². The molecule has 1 heterocycles. The molecule has 0 saturated carbocycles. The smallest absolute Gasteiger partial charge is 0.130 e. The SMILES string of the molecule is CCN(CC1CCCO1)c1cccc(F)c1CO. The number of nitrogens with zero attached hydrogens (tertiary/aromatic N) is 1. The van der Waals surface area contributed by atoms with E-state index in [1.165, 1.54) is 6.07 Å². The summed E-state index contributed by atoms with van der Waals surface area (Å²) in [5.41, 5.74) is 1.15. The first-order valence-corrected chi connectivity index (χ1v) is 6.51. The number of aliphatic hydroxyl groups is 1. The van der Waals surface area contributed by atoms with Gasteiger partial charge < -0.3 is 14.7 Å². The fourth-order valence-electron chi connectivity index (χ4n) is 2.43. The van der Waals surface area contributed by atoms with Crippen molar-refractivity contribution >= 4 is 5.69 Å². The zero-order valence-corrected chi connectivity index (χ0v) is 10.7. The number of hydrogen-bond donors (Lipinski definition) is 1. The van der Waals surface area contributed by atoms with Crippen LogP contribution in [0.25, 0.3) is 0 Å². The molecule has 1 N–H and O–H groups in total. The molecule has 0 amide bonds. The average molecular weight is 253 g/mol. The average Bonchev–Trinajstić information content (AvgIpc) is 2.88. The van der Waals surface area contributed by atoms with E-state index in [1.807, 2.05) is 13.0 Å². The Bertz CT molecular complexity index is 391. The van der Waals surface area contributed by atoms with Crippen molar-refractivity contribution in [3.05, 3.63) is 29.6 Å². The summed E-state index contributed by atoms with van der Waals surface area (Å²) < 4.78 is 19.3. The van der Waals surface area contributed by atoms with Gasteiger partial charge in [0.1, 0.15) is 5.82 Å². The van der Waals surface area contributed by atoms with Gasteiger partial charge in [0.15, 0.2) is 0 Å². The van der Waals surface area contributed by atoms with Crippen LogP contribution in [0.1, 0.15) is 25.3 Å². The summed E-state index contributed by atoms with van der Waals surface area (Å²) in [5, 5.41) is 9.31. The number of hydrogen-bond acceptors (Lipinski definition) is 3. The number of halogens is 1. The van der Waals surface area contributed by atoms with E-state index in [9.17, 15) is 9.50 Å². The molecule has 1 aromatic carbocycles. The zero-order valence-electron chi connectivity index (χ0n) is 10.7. The fourth-order valence-corrected chi connectivity index (χ4v) is 2.43. The van der Waals surface area contributed by atoms with Crippen LogP contribution in [0, 0.1) is 5.82 Å². The van der Waals surface area contributed by atoms with E-state index in [4.69, 9.17) is 4.74 Å². The van der Waals surface area contributed by atoms with E-state index < -0.39 is 0 Å². The van der Waals surface area contributed by atoms with E-state index in [2.05, 4.69) is 4.90 Å². The van der Waals surface area contributed by atoms with E-state index >= 15 is 0 Å². The number of ether oxygens (including phenoxy) is 1. The molecule has 1 aliphatic rings. The van der Waals surface area contributed by atoms with Crippen molar-refractivity contribution in [3.8, 4) is 0 Å². The largest absolute Gasteiger partial charge is 0.391 e. The molecule has 1 unspecified atom stereocenters. The van der Waals surface area contributed by atoms with E-state index in [0.29, 0.717) is 5.56 Å². The molecule has 3 nitrogen and oxygen atoms in total. The second-order valence-electron chi connectivity index (χ2n) is 4.57. The standard InChI is InChI=1S/C14H20FNO2/c1-2-16(9-11-5-4-8-18-11)14-7-3-6-13(15)12(14)10-17/h3,6-7,11,17H,2,4-5,8-10H2,1H3. The molecule has 18 heavy (non-hydrogen) atoms. The minimum atomic E-state index is -0.346. The third kappa shape index (κ3) is 2.82. The van der Waals surface area contributed by atoms with Gasteiger partial charge >= 0.3 is 0 Å². The molecular weight excluding hydrogens is 233 g/mol. The van der Waals surface area contributed by atoms with Gasteiger partial charge in [0.2, 0.25) is 0 Å². The van der Waals surface area contributed by atoms with Crippen molar-refractivity contribution in [2.24, 2.45) is 0 Å². The maximum atomic E-state index is 13.6. The molecular formula is C14H20FNO2. The van der Waals surface area contributed by atoms with Gasteiger partial charge in [-0.25, -0.2) is 4.39 Å². The fraction of sp³-hybridized carbons (Fsp3) is 0.571. The Morgan fingerprint density at radius 2 is 2.33 bits per heavy atom. The Morgan fingerprint density at radius 1 is 1.50 bits per heavy atom. The van der Waals surface area contributed by atoms with Gasteiger partial charge in [0, 0.05) is 30.9 Å². The molecule has 0 bridgehead atoms. The van der Waals surface area contributed by atoms with Gasteiger partial charge in [-0.15, -0.1) is 0 Å². The maximum absolute atomic E-state index is 13.6. The predicted octanol–water partition coefficient (Wildman–Crippen LogP) is 2.32. The summed E-state index contributed by atoms with van der Waals surface area (Å²) in [4.78, 5) is 2.07. The van der Waals surface area contributed by atoms with E-state index in [0.717, 1.165) is 38.2 Å². The number of aliphatic hydroxyl groups excluding tert-OH is 1. The molecule has 2 rings (SSSR count). The number of rotatable bonds is 5. The lowest BCUT2D eigenvalue weighted by molar-refractivity contribution is 0.115. The minimum Gasteiger partial charge on any atom is -0.391 e. The number of benzene rings is 1. The van der Waals surface area contributed by atoms with Crippen molar-refractivity contribution in [1.82, 2.24) is 0 Å². The summed E-state index contributed by atoms with van der Waals surface area (Å²) in [5.74, 6) is -0.346. The summed E-state index contributed by atoms with van der Waals surface area (Å²) in [6, 6.07) is 4.92. The molecule has 0 aliphatic carbocycles. The summed E-state index contributed by atoms with van der Waals surface area (Å²) >= 11 is 0. The first-order valence-electron chi connectivity index (χ1n) is 6.51. The lowest BCUT2D eigenvalue weighted by atomic mass is 10.1. The van der Waals surface area contributed by atoms with Crippen LogP contribution in [0.15, 0.2) is 18.2 Å². The summed E-state index contributed by atoms with van der Waals surface area (Å²) in [6.45, 7) is 4.10. The highest BCUT2D eigenvalue weighted by atomic mass is 19.1. The van der Waals surface area contributed by atoms with E-state index in [1.54, 1.807) is 6.07 Å². The van der Waals surface area contributed by atoms with Gasteiger partial charge in [-0.2, -0.15) is 0 Å². The van der Waals surface area contributed by atoms with Crippen molar-refractivity contribution in [1.29, 1.82) is 0 Å².